The highest BCUT2D eigenvalue weighted by atomic mass is 32.2. The largest absolute Gasteiger partial charge is 0.481 e. The molecule has 1 fully saturated rings. The van der Waals surface area contributed by atoms with Gasteiger partial charge in [-0.25, -0.2) is 0 Å². The van der Waals surface area contributed by atoms with Gasteiger partial charge in [0.1, 0.15) is 6.33 Å². The molecule has 0 spiro atoms. The van der Waals surface area contributed by atoms with Gasteiger partial charge in [0.2, 0.25) is 5.91 Å². The summed E-state index contributed by atoms with van der Waals surface area (Å²) in [4.78, 5) is 22.7. The number of carboxylic acid groups (broad SMARTS) is 1. The van der Waals surface area contributed by atoms with Crippen LogP contribution in [0.2, 0.25) is 0 Å². The van der Waals surface area contributed by atoms with Crippen LogP contribution in [0.5, 0.6) is 0 Å². The third-order valence-corrected chi connectivity index (χ3v) is 4.52. The zero-order valence-electron chi connectivity index (χ0n) is 11.3. The molecule has 1 heterocycles. The number of nitrogens with zero attached hydrogens (tertiary/aromatic N) is 3. The predicted octanol–water partition coefficient (Wildman–Crippen LogP) is 0.851. The minimum absolute atomic E-state index is 0.119. The van der Waals surface area contributed by atoms with Crippen molar-refractivity contribution in [3.8, 4) is 0 Å². The highest BCUT2D eigenvalue weighted by molar-refractivity contribution is 7.99. The van der Waals surface area contributed by atoms with E-state index in [0.29, 0.717) is 12.5 Å². The van der Waals surface area contributed by atoms with Crippen molar-refractivity contribution in [2.75, 3.05) is 5.75 Å². The fourth-order valence-electron chi connectivity index (χ4n) is 2.31. The van der Waals surface area contributed by atoms with Crippen molar-refractivity contribution in [1.29, 1.82) is 0 Å². The lowest BCUT2D eigenvalue weighted by Gasteiger charge is -2.12. The minimum Gasteiger partial charge on any atom is -0.481 e. The number of nitrogens with one attached hydrogen (secondary N) is 1. The molecule has 0 saturated heterocycles. The van der Waals surface area contributed by atoms with Gasteiger partial charge in [-0.2, -0.15) is 0 Å². The van der Waals surface area contributed by atoms with Crippen LogP contribution in [0.25, 0.3) is 0 Å². The first kappa shape index (κ1) is 14.1. The second-order valence-corrected chi connectivity index (χ2v) is 6.22. The molecule has 1 saturated carbocycles. The van der Waals surface area contributed by atoms with Crippen molar-refractivity contribution in [1.82, 2.24) is 20.1 Å². The van der Waals surface area contributed by atoms with E-state index in [2.05, 4.69) is 15.5 Å². The van der Waals surface area contributed by atoms with E-state index in [4.69, 9.17) is 5.11 Å². The zero-order chi connectivity index (χ0) is 14.8. The second kappa shape index (κ2) is 5.88. The number of aromatic nitrogens is 3. The molecule has 2 atom stereocenters. The summed E-state index contributed by atoms with van der Waals surface area (Å²) in [5.74, 6) is -1.21. The normalized spacial score (nSPS) is 24.2. The van der Waals surface area contributed by atoms with Crippen LogP contribution in [0.1, 0.15) is 25.3 Å². The molecule has 112 valence electrons. The van der Waals surface area contributed by atoms with Crippen molar-refractivity contribution in [2.24, 2.45) is 5.92 Å². The average molecular weight is 308 g/mol. The van der Waals surface area contributed by atoms with Crippen LogP contribution in [0, 0.1) is 5.92 Å². The van der Waals surface area contributed by atoms with E-state index in [1.54, 1.807) is 18.5 Å². The SMILES string of the molecule is O=C(CSc1nncn1C1CC1)NC1C=CC(C(=O)O)C1. The number of hydrogen-bond donors (Lipinski definition) is 2. The molecular formula is C13H16N4O3S. The maximum atomic E-state index is 11.9. The summed E-state index contributed by atoms with van der Waals surface area (Å²) in [5.41, 5.74) is 0. The Bertz CT molecular complexity index is 582. The smallest absolute Gasteiger partial charge is 0.310 e. The number of amides is 1. The first-order chi connectivity index (χ1) is 10.1. The van der Waals surface area contributed by atoms with E-state index in [1.807, 2.05) is 4.57 Å². The lowest BCUT2D eigenvalue weighted by molar-refractivity contribution is -0.140. The van der Waals surface area contributed by atoms with Gasteiger partial charge in [0.05, 0.1) is 11.7 Å². The lowest BCUT2D eigenvalue weighted by atomic mass is 10.1. The molecule has 1 aromatic rings. The predicted molar refractivity (Wildman–Crippen MR) is 75.8 cm³/mol. The van der Waals surface area contributed by atoms with E-state index in [0.717, 1.165) is 18.0 Å². The Balaban J connectivity index is 1.46. The van der Waals surface area contributed by atoms with Crippen LogP contribution < -0.4 is 5.32 Å². The molecule has 3 rings (SSSR count). The Morgan fingerprint density at radius 1 is 1.43 bits per heavy atom. The van der Waals surface area contributed by atoms with E-state index in [1.165, 1.54) is 11.8 Å². The first-order valence-corrected chi connectivity index (χ1v) is 7.85. The van der Waals surface area contributed by atoms with Gasteiger partial charge in [0.15, 0.2) is 5.16 Å². The van der Waals surface area contributed by atoms with Gasteiger partial charge in [-0.1, -0.05) is 23.9 Å². The van der Waals surface area contributed by atoms with Gasteiger partial charge in [0.25, 0.3) is 0 Å². The molecule has 2 unspecified atom stereocenters. The zero-order valence-corrected chi connectivity index (χ0v) is 12.1. The molecule has 1 aromatic heterocycles. The van der Waals surface area contributed by atoms with E-state index < -0.39 is 11.9 Å². The molecule has 8 heteroatoms. The summed E-state index contributed by atoms with van der Waals surface area (Å²) in [6.45, 7) is 0. The summed E-state index contributed by atoms with van der Waals surface area (Å²) in [7, 11) is 0. The van der Waals surface area contributed by atoms with E-state index >= 15 is 0 Å². The number of rotatable bonds is 6. The van der Waals surface area contributed by atoms with Gasteiger partial charge < -0.3 is 15.0 Å². The maximum absolute atomic E-state index is 11.9. The number of thioether (sulfide) groups is 1. The van der Waals surface area contributed by atoms with Crippen molar-refractivity contribution >= 4 is 23.6 Å². The molecule has 1 amide bonds. The third kappa shape index (κ3) is 3.44. The minimum atomic E-state index is -0.852. The van der Waals surface area contributed by atoms with Crippen molar-refractivity contribution in [2.45, 2.75) is 36.5 Å². The van der Waals surface area contributed by atoms with Crippen LogP contribution >= 0.6 is 11.8 Å². The van der Waals surface area contributed by atoms with E-state index in [-0.39, 0.29) is 17.7 Å². The molecule has 2 N–H and O–H groups in total. The van der Waals surface area contributed by atoms with Gasteiger partial charge in [-0.15, -0.1) is 10.2 Å². The van der Waals surface area contributed by atoms with Crippen LogP contribution in [0.15, 0.2) is 23.6 Å². The average Bonchev–Trinajstić information content (AvgIpc) is 3.00. The van der Waals surface area contributed by atoms with Crippen molar-refractivity contribution in [3.63, 3.8) is 0 Å². The number of carbonyl (C=O) groups is 2. The van der Waals surface area contributed by atoms with Gasteiger partial charge in [-0.3, -0.25) is 9.59 Å². The molecule has 21 heavy (non-hydrogen) atoms. The van der Waals surface area contributed by atoms with Crippen LogP contribution in [-0.2, 0) is 9.59 Å². The highest BCUT2D eigenvalue weighted by Crippen LogP contribution is 2.37. The number of carboxylic acids is 1. The molecule has 0 aromatic carbocycles. The van der Waals surface area contributed by atoms with Gasteiger partial charge in [-0.05, 0) is 19.3 Å². The van der Waals surface area contributed by atoms with Crippen LogP contribution in [0.3, 0.4) is 0 Å². The summed E-state index contributed by atoms with van der Waals surface area (Å²) in [6.07, 6.45) is 7.78. The van der Waals surface area contributed by atoms with Crippen LogP contribution in [0.4, 0.5) is 0 Å². The standard InChI is InChI=1S/C13H16N4O3S/c18-11(15-9-2-1-8(5-9)12(19)20)6-21-13-16-14-7-17(13)10-3-4-10/h1-2,7-10H,3-6H2,(H,15,18)(H,19,20). The Hall–Kier alpha value is -1.83. The molecule has 2 aliphatic carbocycles. The molecule has 2 aliphatic rings. The highest BCUT2D eigenvalue weighted by Gasteiger charge is 2.27. The number of hydrogen-bond acceptors (Lipinski definition) is 5. The van der Waals surface area contributed by atoms with Crippen molar-refractivity contribution in [3.05, 3.63) is 18.5 Å². The monoisotopic (exact) mass is 308 g/mol. The number of aliphatic carboxylic acids is 1. The van der Waals surface area contributed by atoms with Gasteiger partial charge in [0, 0.05) is 12.1 Å². The lowest BCUT2D eigenvalue weighted by Crippen LogP contribution is -2.34. The number of carbonyl (C=O) groups excluding carboxylic acids is 1. The first-order valence-electron chi connectivity index (χ1n) is 6.86. The summed E-state index contributed by atoms with van der Waals surface area (Å²) in [5, 5.41) is 20.4. The quantitative estimate of drug-likeness (QED) is 0.597. The fourth-order valence-corrected chi connectivity index (χ4v) is 3.10. The second-order valence-electron chi connectivity index (χ2n) is 5.28. The van der Waals surface area contributed by atoms with Crippen LogP contribution in [-0.4, -0.2) is 43.5 Å². The summed E-state index contributed by atoms with van der Waals surface area (Å²) >= 11 is 1.36. The Labute approximate surface area is 125 Å². The van der Waals surface area contributed by atoms with E-state index in [9.17, 15) is 9.59 Å². The topological polar surface area (TPSA) is 97.1 Å². The Morgan fingerprint density at radius 3 is 2.90 bits per heavy atom. The molecule has 0 aliphatic heterocycles. The van der Waals surface area contributed by atoms with Gasteiger partial charge >= 0.3 is 5.97 Å². The Morgan fingerprint density at radius 2 is 2.24 bits per heavy atom. The summed E-state index contributed by atoms with van der Waals surface area (Å²) < 4.78 is 2.01. The fraction of sp³-hybridized carbons (Fsp3) is 0.538. The Kier molecular flexibility index (Phi) is 3.96. The maximum Gasteiger partial charge on any atom is 0.310 e. The van der Waals surface area contributed by atoms with Crippen molar-refractivity contribution < 1.29 is 14.7 Å². The molecule has 0 bridgehead atoms. The molecular weight excluding hydrogens is 292 g/mol. The molecule has 0 radical (unpaired) electrons. The third-order valence-electron chi connectivity index (χ3n) is 3.56. The summed E-state index contributed by atoms with van der Waals surface area (Å²) in [6, 6.07) is 0.292. The molecule has 7 nitrogen and oxygen atoms in total.